The number of carbonyl (C=O) groups is 1. The van der Waals surface area contributed by atoms with Gasteiger partial charge >= 0.3 is 0 Å². The molecule has 0 radical (unpaired) electrons. The van der Waals surface area contributed by atoms with E-state index >= 15 is 0 Å². The first-order valence-corrected chi connectivity index (χ1v) is 6.95. The largest absolute Gasteiger partial charge is 0.396 e. The minimum Gasteiger partial charge on any atom is -0.396 e. The predicted octanol–water partition coefficient (Wildman–Crippen LogP) is 1.64. The summed E-state index contributed by atoms with van der Waals surface area (Å²) in [4.78, 5) is 13.3. The third-order valence-electron chi connectivity index (χ3n) is 2.84. The highest BCUT2D eigenvalue weighted by Crippen LogP contribution is 2.22. The van der Waals surface area contributed by atoms with E-state index in [4.69, 9.17) is 5.11 Å². The Morgan fingerprint density at radius 3 is 2.95 bits per heavy atom. The number of hydrogen-bond donors (Lipinski definition) is 2. The number of amides is 1. The summed E-state index contributed by atoms with van der Waals surface area (Å²) in [5.74, 6) is -0.171. The molecule has 2 N–H and O–H groups in total. The standard InChI is InChI=1S/C13H17N3O2S/c1-9-8-11(16(2)15-9)13(18)14-10(5-6-17)12-4-3-7-19-12/h3-4,7-8,10,17H,5-6H2,1-2H3,(H,14,18). The first-order chi connectivity index (χ1) is 9.11. The van der Waals surface area contributed by atoms with Crippen LogP contribution in [-0.2, 0) is 7.05 Å². The van der Waals surface area contributed by atoms with Crippen molar-refractivity contribution in [1.82, 2.24) is 15.1 Å². The maximum Gasteiger partial charge on any atom is 0.270 e. The molecule has 0 fully saturated rings. The molecule has 0 saturated carbocycles. The highest BCUT2D eigenvalue weighted by Gasteiger charge is 2.18. The summed E-state index contributed by atoms with van der Waals surface area (Å²) < 4.78 is 1.56. The number of aliphatic hydroxyl groups is 1. The Morgan fingerprint density at radius 2 is 2.42 bits per heavy atom. The summed E-state index contributed by atoms with van der Waals surface area (Å²) in [6, 6.07) is 5.48. The highest BCUT2D eigenvalue weighted by atomic mass is 32.1. The van der Waals surface area contributed by atoms with Gasteiger partial charge in [-0.3, -0.25) is 9.48 Å². The Bertz CT molecular complexity index is 548. The van der Waals surface area contributed by atoms with Crippen LogP contribution in [0.5, 0.6) is 0 Å². The predicted molar refractivity (Wildman–Crippen MR) is 74.2 cm³/mol. The smallest absolute Gasteiger partial charge is 0.270 e. The maximum atomic E-state index is 12.2. The van der Waals surface area contributed by atoms with Gasteiger partial charge in [0.05, 0.1) is 11.7 Å². The molecule has 0 spiro atoms. The Balaban J connectivity index is 2.13. The molecule has 0 aliphatic heterocycles. The lowest BCUT2D eigenvalue weighted by atomic mass is 10.1. The molecule has 2 heterocycles. The van der Waals surface area contributed by atoms with E-state index in [1.807, 2.05) is 24.4 Å². The van der Waals surface area contributed by atoms with Crippen LogP contribution in [-0.4, -0.2) is 27.4 Å². The van der Waals surface area contributed by atoms with Gasteiger partial charge in [-0.1, -0.05) is 6.07 Å². The van der Waals surface area contributed by atoms with Crippen LogP contribution in [0, 0.1) is 6.92 Å². The molecule has 0 aliphatic carbocycles. The fourth-order valence-electron chi connectivity index (χ4n) is 1.96. The van der Waals surface area contributed by atoms with Crippen LogP contribution in [0.2, 0.25) is 0 Å². The van der Waals surface area contributed by atoms with Crippen LogP contribution in [0.15, 0.2) is 23.6 Å². The van der Waals surface area contributed by atoms with Crippen LogP contribution in [0.25, 0.3) is 0 Å². The first-order valence-electron chi connectivity index (χ1n) is 6.07. The van der Waals surface area contributed by atoms with Gasteiger partial charge in [0.15, 0.2) is 0 Å². The van der Waals surface area contributed by atoms with Gasteiger partial charge in [-0.15, -0.1) is 11.3 Å². The van der Waals surface area contributed by atoms with E-state index in [-0.39, 0.29) is 18.6 Å². The highest BCUT2D eigenvalue weighted by molar-refractivity contribution is 7.10. The van der Waals surface area contributed by atoms with Gasteiger partial charge in [0.1, 0.15) is 5.69 Å². The van der Waals surface area contributed by atoms with Gasteiger partial charge in [-0.2, -0.15) is 5.10 Å². The molecule has 2 aromatic rings. The van der Waals surface area contributed by atoms with Crippen molar-refractivity contribution in [2.45, 2.75) is 19.4 Å². The van der Waals surface area contributed by atoms with Crippen molar-refractivity contribution in [2.75, 3.05) is 6.61 Å². The minimum atomic E-state index is -0.171. The van der Waals surface area contributed by atoms with Crippen molar-refractivity contribution in [1.29, 1.82) is 0 Å². The van der Waals surface area contributed by atoms with E-state index in [1.54, 1.807) is 29.1 Å². The second-order valence-electron chi connectivity index (χ2n) is 4.35. The Kier molecular flexibility index (Phi) is 4.34. The summed E-state index contributed by atoms with van der Waals surface area (Å²) in [7, 11) is 1.74. The van der Waals surface area contributed by atoms with E-state index in [2.05, 4.69) is 10.4 Å². The lowest BCUT2D eigenvalue weighted by Gasteiger charge is -2.16. The molecule has 2 aromatic heterocycles. The summed E-state index contributed by atoms with van der Waals surface area (Å²) in [6.07, 6.45) is 0.503. The molecule has 0 aromatic carbocycles. The lowest BCUT2D eigenvalue weighted by Crippen LogP contribution is -2.30. The van der Waals surface area contributed by atoms with E-state index in [0.29, 0.717) is 12.1 Å². The Morgan fingerprint density at radius 1 is 1.63 bits per heavy atom. The van der Waals surface area contributed by atoms with E-state index < -0.39 is 0 Å². The van der Waals surface area contributed by atoms with E-state index in [0.717, 1.165) is 10.6 Å². The van der Waals surface area contributed by atoms with Gasteiger partial charge in [0.2, 0.25) is 0 Å². The molecule has 19 heavy (non-hydrogen) atoms. The van der Waals surface area contributed by atoms with Crippen molar-refractivity contribution in [3.05, 3.63) is 39.8 Å². The zero-order valence-electron chi connectivity index (χ0n) is 11.0. The molecule has 6 heteroatoms. The van der Waals surface area contributed by atoms with Gasteiger partial charge in [-0.05, 0) is 30.9 Å². The van der Waals surface area contributed by atoms with Gasteiger partial charge in [0.25, 0.3) is 5.91 Å². The molecule has 1 unspecified atom stereocenters. The second-order valence-corrected chi connectivity index (χ2v) is 5.33. The SMILES string of the molecule is Cc1cc(C(=O)NC(CCO)c2cccs2)n(C)n1. The normalized spacial score (nSPS) is 12.4. The van der Waals surface area contributed by atoms with Gasteiger partial charge in [-0.25, -0.2) is 0 Å². The van der Waals surface area contributed by atoms with Crippen LogP contribution in [0.1, 0.15) is 33.5 Å². The van der Waals surface area contributed by atoms with E-state index in [1.165, 1.54) is 0 Å². The summed E-state index contributed by atoms with van der Waals surface area (Å²) in [6.45, 7) is 1.88. The van der Waals surface area contributed by atoms with Crippen LogP contribution < -0.4 is 5.32 Å². The lowest BCUT2D eigenvalue weighted by molar-refractivity contribution is 0.0921. The average molecular weight is 279 g/mol. The third-order valence-corrected chi connectivity index (χ3v) is 3.83. The van der Waals surface area contributed by atoms with Gasteiger partial charge in [0, 0.05) is 18.5 Å². The molecule has 0 bridgehead atoms. The molecule has 2 rings (SSSR count). The Labute approximate surface area is 115 Å². The topological polar surface area (TPSA) is 67.2 Å². The minimum absolute atomic E-state index is 0.0350. The monoisotopic (exact) mass is 279 g/mol. The number of thiophene rings is 1. The number of nitrogens with zero attached hydrogens (tertiary/aromatic N) is 2. The zero-order valence-corrected chi connectivity index (χ0v) is 11.8. The zero-order chi connectivity index (χ0) is 13.8. The number of carbonyl (C=O) groups excluding carboxylic acids is 1. The summed E-state index contributed by atoms with van der Waals surface area (Å²) in [5, 5.41) is 18.2. The van der Waals surface area contributed by atoms with Crippen LogP contribution in [0.4, 0.5) is 0 Å². The molecule has 0 aliphatic rings. The third kappa shape index (κ3) is 3.21. The molecule has 5 nitrogen and oxygen atoms in total. The molecule has 1 atom stereocenters. The molecule has 1 amide bonds. The first kappa shape index (κ1) is 13.8. The number of hydrogen-bond acceptors (Lipinski definition) is 4. The fourth-order valence-corrected chi connectivity index (χ4v) is 2.77. The number of aromatic nitrogens is 2. The molecule has 102 valence electrons. The Hall–Kier alpha value is -1.66. The van der Waals surface area contributed by atoms with Crippen molar-refractivity contribution in [2.24, 2.45) is 7.05 Å². The average Bonchev–Trinajstić information content (AvgIpc) is 2.98. The quantitative estimate of drug-likeness (QED) is 0.874. The molecule has 0 saturated heterocycles. The van der Waals surface area contributed by atoms with Crippen molar-refractivity contribution in [3.63, 3.8) is 0 Å². The molecular formula is C13H17N3O2S. The molecular weight excluding hydrogens is 262 g/mol. The fraction of sp³-hybridized carbons (Fsp3) is 0.385. The van der Waals surface area contributed by atoms with Crippen molar-refractivity contribution >= 4 is 17.2 Å². The number of aliphatic hydroxyl groups excluding tert-OH is 1. The summed E-state index contributed by atoms with van der Waals surface area (Å²) in [5.41, 5.74) is 1.33. The number of rotatable bonds is 5. The maximum absolute atomic E-state index is 12.2. The van der Waals surface area contributed by atoms with Crippen molar-refractivity contribution in [3.8, 4) is 0 Å². The van der Waals surface area contributed by atoms with E-state index in [9.17, 15) is 4.79 Å². The second kappa shape index (κ2) is 5.99. The van der Waals surface area contributed by atoms with Gasteiger partial charge < -0.3 is 10.4 Å². The van der Waals surface area contributed by atoms with Crippen LogP contribution in [0.3, 0.4) is 0 Å². The number of nitrogens with one attached hydrogen (secondary N) is 1. The number of aryl methyl sites for hydroxylation is 2. The summed E-state index contributed by atoms with van der Waals surface area (Å²) >= 11 is 1.57. The van der Waals surface area contributed by atoms with Crippen LogP contribution >= 0.6 is 11.3 Å². The van der Waals surface area contributed by atoms with Crippen molar-refractivity contribution < 1.29 is 9.90 Å².